The third kappa shape index (κ3) is 2.79. The van der Waals surface area contributed by atoms with Gasteiger partial charge in [-0.2, -0.15) is 5.10 Å². The van der Waals surface area contributed by atoms with Crippen molar-refractivity contribution in [2.24, 2.45) is 10.9 Å². The van der Waals surface area contributed by atoms with Crippen LogP contribution >= 0.6 is 0 Å². The molecule has 0 aliphatic carbocycles. The molecule has 0 spiro atoms. The van der Waals surface area contributed by atoms with Gasteiger partial charge in [0.05, 0.1) is 5.69 Å². The first-order valence-electron chi connectivity index (χ1n) is 8.67. The van der Waals surface area contributed by atoms with Crippen LogP contribution in [-0.4, -0.2) is 63.3 Å². The number of likely N-dealkylation sites (N-methyl/N-ethyl adjacent to an activating group) is 1. The standard InChI is InChI=1S/C17H26N6O2/c1-9(2)7-8-22-13-14(21(6)17(25)19-15(13)24)18-16(22)23-12(5)10(3)11(4)20-23/h9,13-14H,7-8H2,1-6H3,(H,19,24,25). The minimum Gasteiger partial charge on any atom is -0.325 e. The summed E-state index contributed by atoms with van der Waals surface area (Å²) in [5.74, 6) is 0.836. The number of aromatic nitrogens is 2. The molecule has 25 heavy (non-hydrogen) atoms. The molecule has 0 radical (unpaired) electrons. The van der Waals surface area contributed by atoms with Gasteiger partial charge in [-0.05, 0) is 38.7 Å². The Morgan fingerprint density at radius 1 is 1.20 bits per heavy atom. The summed E-state index contributed by atoms with van der Waals surface area (Å²) in [6.07, 6.45) is 0.401. The van der Waals surface area contributed by atoms with Crippen LogP contribution < -0.4 is 5.32 Å². The summed E-state index contributed by atoms with van der Waals surface area (Å²) >= 11 is 0. The minimum atomic E-state index is -0.521. The Kier molecular flexibility index (Phi) is 4.30. The molecule has 2 unspecified atom stereocenters. The van der Waals surface area contributed by atoms with Gasteiger partial charge < -0.3 is 9.80 Å². The van der Waals surface area contributed by atoms with E-state index in [0.717, 1.165) is 23.4 Å². The molecule has 1 saturated heterocycles. The first-order valence-corrected chi connectivity index (χ1v) is 8.67. The molecule has 2 aliphatic heterocycles. The second kappa shape index (κ2) is 6.16. The van der Waals surface area contributed by atoms with Gasteiger partial charge in [-0.15, -0.1) is 0 Å². The maximum atomic E-state index is 12.5. The summed E-state index contributed by atoms with van der Waals surface area (Å²) in [6, 6.07) is -0.926. The molecule has 8 heteroatoms. The number of aliphatic imine (C=N–C) groups is 1. The van der Waals surface area contributed by atoms with Crippen LogP contribution in [0.1, 0.15) is 37.2 Å². The molecule has 8 nitrogen and oxygen atoms in total. The fourth-order valence-corrected chi connectivity index (χ4v) is 3.24. The zero-order valence-corrected chi connectivity index (χ0v) is 15.7. The normalized spacial score (nSPS) is 23.2. The minimum absolute atomic E-state index is 0.297. The van der Waals surface area contributed by atoms with Crippen molar-refractivity contribution in [3.8, 4) is 0 Å². The highest BCUT2D eigenvalue weighted by Gasteiger charge is 2.49. The van der Waals surface area contributed by atoms with E-state index in [9.17, 15) is 9.59 Å². The topological polar surface area (TPSA) is 82.8 Å². The van der Waals surface area contributed by atoms with Crippen LogP contribution in [0.4, 0.5) is 4.79 Å². The molecule has 136 valence electrons. The third-order valence-electron chi connectivity index (χ3n) is 5.13. The van der Waals surface area contributed by atoms with Crippen LogP contribution in [0.5, 0.6) is 0 Å². The largest absolute Gasteiger partial charge is 0.325 e. The lowest BCUT2D eigenvalue weighted by Gasteiger charge is -2.36. The Morgan fingerprint density at radius 2 is 1.88 bits per heavy atom. The van der Waals surface area contributed by atoms with Crippen molar-refractivity contribution >= 4 is 17.9 Å². The van der Waals surface area contributed by atoms with E-state index in [1.165, 1.54) is 4.90 Å². The van der Waals surface area contributed by atoms with E-state index in [1.807, 2.05) is 25.7 Å². The Bertz CT molecular complexity index is 751. The number of hydrogen-bond donors (Lipinski definition) is 1. The van der Waals surface area contributed by atoms with Crippen LogP contribution in [0, 0.1) is 26.7 Å². The average molecular weight is 346 g/mol. The van der Waals surface area contributed by atoms with E-state index in [4.69, 9.17) is 4.99 Å². The highest BCUT2D eigenvalue weighted by atomic mass is 16.2. The lowest BCUT2D eigenvalue weighted by molar-refractivity contribution is -0.127. The monoisotopic (exact) mass is 346 g/mol. The zero-order valence-electron chi connectivity index (χ0n) is 15.7. The number of aryl methyl sites for hydroxylation is 1. The number of urea groups is 1. The molecule has 0 bridgehead atoms. The molecule has 3 heterocycles. The Labute approximate surface area is 147 Å². The Balaban J connectivity index is 2.04. The molecule has 0 saturated carbocycles. The van der Waals surface area contributed by atoms with Gasteiger partial charge in [0.15, 0.2) is 12.2 Å². The summed E-state index contributed by atoms with van der Waals surface area (Å²) in [4.78, 5) is 32.7. The molecule has 1 aromatic heterocycles. The number of nitrogens with zero attached hydrogens (tertiary/aromatic N) is 5. The van der Waals surface area contributed by atoms with Gasteiger partial charge in [0.2, 0.25) is 5.96 Å². The average Bonchev–Trinajstić information content (AvgIpc) is 3.04. The van der Waals surface area contributed by atoms with Crippen LogP contribution in [0.25, 0.3) is 0 Å². The number of carbonyl (C=O) groups is 2. The predicted molar refractivity (Wildman–Crippen MR) is 94.3 cm³/mol. The maximum absolute atomic E-state index is 12.5. The van der Waals surface area contributed by atoms with Crippen LogP contribution in [0.3, 0.4) is 0 Å². The number of carbonyl (C=O) groups excluding carboxylic acids is 2. The van der Waals surface area contributed by atoms with E-state index in [2.05, 4.69) is 24.3 Å². The fraction of sp³-hybridized carbons (Fsp3) is 0.647. The van der Waals surface area contributed by atoms with Crippen LogP contribution in [0.15, 0.2) is 4.99 Å². The molecule has 2 aliphatic rings. The summed E-state index contributed by atoms with van der Waals surface area (Å²) in [5, 5.41) is 7.03. The van der Waals surface area contributed by atoms with Gasteiger partial charge in [0.25, 0.3) is 5.91 Å². The quantitative estimate of drug-likeness (QED) is 0.893. The molecule has 2 atom stereocenters. The smallest absolute Gasteiger partial charge is 0.325 e. The van der Waals surface area contributed by atoms with Crippen molar-refractivity contribution in [3.05, 3.63) is 17.0 Å². The molecule has 0 aromatic carbocycles. The molecule has 1 N–H and O–H groups in total. The van der Waals surface area contributed by atoms with E-state index in [0.29, 0.717) is 18.4 Å². The van der Waals surface area contributed by atoms with Crippen molar-refractivity contribution in [1.29, 1.82) is 0 Å². The van der Waals surface area contributed by atoms with Crippen molar-refractivity contribution in [2.75, 3.05) is 13.6 Å². The number of imide groups is 1. The van der Waals surface area contributed by atoms with Crippen molar-refractivity contribution in [3.63, 3.8) is 0 Å². The van der Waals surface area contributed by atoms with Crippen molar-refractivity contribution < 1.29 is 9.59 Å². The fourth-order valence-electron chi connectivity index (χ4n) is 3.24. The highest BCUT2D eigenvalue weighted by Crippen LogP contribution is 2.26. The lowest BCUT2D eigenvalue weighted by Crippen LogP contribution is -2.64. The van der Waals surface area contributed by atoms with Gasteiger partial charge >= 0.3 is 6.03 Å². The number of nitrogens with one attached hydrogen (secondary N) is 1. The first kappa shape index (κ1) is 17.4. The molecule has 3 amide bonds. The molecule has 3 rings (SSSR count). The first-order chi connectivity index (χ1) is 11.7. The van der Waals surface area contributed by atoms with Crippen LogP contribution in [-0.2, 0) is 4.79 Å². The number of rotatable bonds is 3. The summed E-state index contributed by atoms with van der Waals surface area (Å²) in [7, 11) is 1.67. The summed E-state index contributed by atoms with van der Waals surface area (Å²) < 4.78 is 1.80. The zero-order chi connectivity index (χ0) is 18.5. The number of hydrogen-bond acceptors (Lipinski definition) is 5. The SMILES string of the molecule is Cc1nn(C2=NC3C(C(=O)NC(=O)N3C)N2CCC(C)C)c(C)c1C. The number of amides is 3. The predicted octanol–water partition coefficient (Wildman–Crippen LogP) is 1.25. The summed E-state index contributed by atoms with van der Waals surface area (Å²) in [6.45, 7) is 11.0. The van der Waals surface area contributed by atoms with Gasteiger partial charge in [0.1, 0.15) is 0 Å². The van der Waals surface area contributed by atoms with E-state index >= 15 is 0 Å². The van der Waals surface area contributed by atoms with Crippen molar-refractivity contribution in [1.82, 2.24) is 24.9 Å². The van der Waals surface area contributed by atoms with Crippen molar-refractivity contribution in [2.45, 2.75) is 53.2 Å². The second-order valence-corrected chi connectivity index (χ2v) is 7.28. The molecular formula is C17H26N6O2. The van der Waals surface area contributed by atoms with Gasteiger partial charge in [-0.3, -0.25) is 10.1 Å². The van der Waals surface area contributed by atoms with E-state index in [-0.39, 0.29) is 5.91 Å². The summed E-state index contributed by atoms with van der Waals surface area (Å²) in [5.41, 5.74) is 3.04. The van der Waals surface area contributed by atoms with E-state index in [1.54, 1.807) is 11.7 Å². The number of fused-ring (bicyclic) bond motifs is 1. The molecular weight excluding hydrogens is 320 g/mol. The van der Waals surface area contributed by atoms with Gasteiger partial charge in [-0.25, -0.2) is 14.5 Å². The Morgan fingerprint density at radius 3 is 2.44 bits per heavy atom. The molecule has 1 fully saturated rings. The van der Waals surface area contributed by atoms with Gasteiger partial charge in [-0.1, -0.05) is 13.8 Å². The van der Waals surface area contributed by atoms with E-state index < -0.39 is 18.2 Å². The Hall–Kier alpha value is -2.38. The highest BCUT2D eigenvalue weighted by molar-refractivity contribution is 6.04. The van der Waals surface area contributed by atoms with Gasteiger partial charge in [0, 0.05) is 19.3 Å². The lowest BCUT2D eigenvalue weighted by atomic mass is 10.1. The third-order valence-corrected chi connectivity index (χ3v) is 5.13. The maximum Gasteiger partial charge on any atom is 0.325 e. The molecule has 1 aromatic rings. The van der Waals surface area contributed by atoms with Crippen LogP contribution in [0.2, 0.25) is 0 Å². The second-order valence-electron chi connectivity index (χ2n) is 7.28.